The number of rotatable bonds is 3. The maximum Gasteiger partial charge on any atom is 0.322 e. The Morgan fingerprint density at radius 1 is 1.04 bits per heavy atom. The number of hydrogen-bond acceptors (Lipinski definition) is 5. The highest BCUT2D eigenvalue weighted by atomic mass is 35.5. The zero-order chi connectivity index (χ0) is 16.5. The van der Waals surface area contributed by atoms with Crippen LogP contribution in [0.3, 0.4) is 0 Å². The van der Waals surface area contributed by atoms with Gasteiger partial charge in [-0.25, -0.2) is 0 Å². The molecule has 1 N–H and O–H groups in total. The molecule has 1 amide bonds. The van der Waals surface area contributed by atoms with Gasteiger partial charge in [-0.3, -0.25) is 10.1 Å². The molecular weight excluding hydrogens is 346 g/mol. The molecule has 0 bridgehead atoms. The lowest BCUT2D eigenvalue weighted by molar-refractivity contribution is 0.102. The monoisotopic (exact) mass is 355 g/mol. The number of amides is 1. The third kappa shape index (κ3) is 2.89. The van der Waals surface area contributed by atoms with E-state index in [1.54, 1.807) is 18.2 Å². The van der Waals surface area contributed by atoms with Crippen LogP contribution in [-0.4, -0.2) is 16.1 Å². The molecule has 0 saturated carbocycles. The van der Waals surface area contributed by atoms with Gasteiger partial charge < -0.3 is 4.42 Å². The van der Waals surface area contributed by atoms with Gasteiger partial charge in [-0.15, -0.1) is 16.4 Å². The SMILES string of the molecule is O=C(Nc1nnc(-c2ccc(Cl)s2)o1)c1ccc2ccccc2c1. The number of carbonyl (C=O) groups excluding carboxylic acids is 1. The first-order valence-corrected chi connectivity index (χ1v) is 8.28. The van der Waals surface area contributed by atoms with Crippen molar-refractivity contribution in [3.63, 3.8) is 0 Å². The number of fused-ring (bicyclic) bond motifs is 1. The molecule has 7 heteroatoms. The summed E-state index contributed by atoms with van der Waals surface area (Å²) >= 11 is 7.22. The summed E-state index contributed by atoms with van der Waals surface area (Å²) in [6.07, 6.45) is 0. The topological polar surface area (TPSA) is 68.0 Å². The van der Waals surface area contributed by atoms with E-state index in [0.29, 0.717) is 15.8 Å². The zero-order valence-electron chi connectivity index (χ0n) is 12.2. The highest BCUT2D eigenvalue weighted by Gasteiger charge is 2.14. The molecule has 5 nitrogen and oxygen atoms in total. The molecule has 0 aliphatic carbocycles. The second-order valence-corrected chi connectivity index (χ2v) is 6.75. The first kappa shape index (κ1) is 14.9. The van der Waals surface area contributed by atoms with E-state index < -0.39 is 0 Å². The Hall–Kier alpha value is -2.70. The summed E-state index contributed by atoms with van der Waals surface area (Å²) in [5, 5.41) is 12.4. The molecule has 118 valence electrons. The number of aromatic nitrogens is 2. The second kappa shape index (κ2) is 6.07. The Bertz CT molecular complexity index is 1040. The van der Waals surface area contributed by atoms with Crippen LogP contribution >= 0.6 is 22.9 Å². The molecule has 0 atom stereocenters. The number of thiophene rings is 1. The fraction of sp³-hybridized carbons (Fsp3) is 0. The van der Waals surface area contributed by atoms with Gasteiger partial charge in [0.25, 0.3) is 11.8 Å². The van der Waals surface area contributed by atoms with Crippen molar-refractivity contribution in [3.05, 3.63) is 64.5 Å². The van der Waals surface area contributed by atoms with Gasteiger partial charge in [-0.05, 0) is 35.0 Å². The summed E-state index contributed by atoms with van der Waals surface area (Å²) in [6, 6.07) is 16.9. The molecule has 0 fully saturated rings. The molecule has 0 aliphatic heterocycles. The Balaban J connectivity index is 1.56. The number of carbonyl (C=O) groups is 1. The lowest BCUT2D eigenvalue weighted by atomic mass is 10.1. The number of hydrogen-bond donors (Lipinski definition) is 1. The number of nitrogens with zero attached hydrogens (tertiary/aromatic N) is 2. The Morgan fingerprint density at radius 2 is 1.88 bits per heavy atom. The quantitative estimate of drug-likeness (QED) is 0.570. The normalized spacial score (nSPS) is 10.9. The van der Waals surface area contributed by atoms with Gasteiger partial charge in [0.1, 0.15) is 0 Å². The predicted molar refractivity (Wildman–Crippen MR) is 94.5 cm³/mol. The molecule has 4 aromatic rings. The molecule has 0 spiro atoms. The molecule has 2 aromatic carbocycles. The highest BCUT2D eigenvalue weighted by molar-refractivity contribution is 7.19. The second-order valence-electron chi connectivity index (χ2n) is 5.03. The van der Waals surface area contributed by atoms with Gasteiger partial charge in [0.15, 0.2) is 0 Å². The zero-order valence-corrected chi connectivity index (χ0v) is 13.8. The van der Waals surface area contributed by atoms with Crippen molar-refractivity contribution < 1.29 is 9.21 Å². The number of nitrogens with one attached hydrogen (secondary N) is 1. The van der Waals surface area contributed by atoms with Crippen molar-refractivity contribution in [1.82, 2.24) is 10.2 Å². The van der Waals surface area contributed by atoms with Crippen LogP contribution in [0, 0.1) is 0 Å². The third-order valence-corrected chi connectivity index (χ3v) is 4.66. The van der Waals surface area contributed by atoms with Gasteiger partial charge in [-0.1, -0.05) is 47.0 Å². The van der Waals surface area contributed by atoms with Crippen LogP contribution in [0.4, 0.5) is 6.01 Å². The summed E-state index contributed by atoms with van der Waals surface area (Å²) in [5.74, 6) is 0.0147. The van der Waals surface area contributed by atoms with E-state index in [0.717, 1.165) is 15.6 Å². The van der Waals surface area contributed by atoms with E-state index in [-0.39, 0.29) is 11.9 Å². The average molecular weight is 356 g/mol. The average Bonchev–Trinajstić information content (AvgIpc) is 3.23. The summed E-state index contributed by atoms with van der Waals surface area (Å²) in [6.45, 7) is 0. The van der Waals surface area contributed by atoms with Crippen LogP contribution in [0.15, 0.2) is 59.0 Å². The fourth-order valence-electron chi connectivity index (χ4n) is 2.30. The first-order chi connectivity index (χ1) is 11.7. The van der Waals surface area contributed by atoms with Gasteiger partial charge in [0.05, 0.1) is 9.21 Å². The minimum Gasteiger partial charge on any atom is -0.402 e. The van der Waals surface area contributed by atoms with Crippen LogP contribution < -0.4 is 5.32 Å². The predicted octanol–water partition coefficient (Wildman–Crippen LogP) is 4.86. The minimum absolute atomic E-state index is 0.0488. The smallest absolute Gasteiger partial charge is 0.322 e. The lowest BCUT2D eigenvalue weighted by Gasteiger charge is -2.02. The summed E-state index contributed by atoms with van der Waals surface area (Å²) < 4.78 is 6.09. The highest BCUT2D eigenvalue weighted by Crippen LogP contribution is 2.30. The minimum atomic E-state index is -0.305. The standard InChI is InChI=1S/C17H10ClN3O2S/c18-14-8-7-13(24-14)16-20-21-17(23-16)19-15(22)12-6-5-10-3-1-2-4-11(10)9-12/h1-9H,(H,19,21,22). The van der Waals surface area contributed by atoms with Crippen molar-refractivity contribution in [2.24, 2.45) is 0 Å². The van der Waals surface area contributed by atoms with Crippen LogP contribution in [0.1, 0.15) is 10.4 Å². The van der Waals surface area contributed by atoms with Gasteiger partial charge in [0, 0.05) is 5.56 Å². The largest absolute Gasteiger partial charge is 0.402 e. The number of halogens is 1. The molecular formula is C17H10ClN3O2S. The van der Waals surface area contributed by atoms with E-state index in [2.05, 4.69) is 15.5 Å². The number of anilines is 1. The van der Waals surface area contributed by atoms with Crippen molar-refractivity contribution >= 4 is 45.6 Å². The van der Waals surface area contributed by atoms with Crippen LogP contribution in [0.2, 0.25) is 4.34 Å². The molecule has 0 aliphatic rings. The summed E-state index contributed by atoms with van der Waals surface area (Å²) in [7, 11) is 0. The van der Waals surface area contributed by atoms with Crippen molar-refractivity contribution in [3.8, 4) is 10.8 Å². The third-order valence-electron chi connectivity index (χ3n) is 3.44. The summed E-state index contributed by atoms with van der Waals surface area (Å²) in [5.41, 5.74) is 0.521. The van der Waals surface area contributed by atoms with Crippen molar-refractivity contribution in [2.45, 2.75) is 0 Å². The van der Waals surface area contributed by atoms with Crippen molar-refractivity contribution in [1.29, 1.82) is 0 Å². The molecule has 0 unspecified atom stereocenters. The van der Waals surface area contributed by atoms with E-state index in [9.17, 15) is 4.79 Å². The Kier molecular flexibility index (Phi) is 3.76. The van der Waals surface area contributed by atoms with E-state index in [1.807, 2.05) is 36.4 Å². The van der Waals surface area contributed by atoms with Gasteiger partial charge in [-0.2, -0.15) is 0 Å². The molecule has 2 aromatic heterocycles. The van der Waals surface area contributed by atoms with Crippen LogP contribution in [0.25, 0.3) is 21.5 Å². The van der Waals surface area contributed by atoms with E-state index >= 15 is 0 Å². The lowest BCUT2D eigenvalue weighted by Crippen LogP contribution is -2.12. The Morgan fingerprint density at radius 3 is 2.67 bits per heavy atom. The summed E-state index contributed by atoms with van der Waals surface area (Å²) in [4.78, 5) is 13.1. The molecule has 0 radical (unpaired) electrons. The number of benzene rings is 2. The van der Waals surface area contributed by atoms with Crippen LogP contribution in [0.5, 0.6) is 0 Å². The maximum atomic E-state index is 12.4. The molecule has 2 heterocycles. The Labute approximate surface area is 145 Å². The van der Waals surface area contributed by atoms with Gasteiger partial charge in [0.2, 0.25) is 0 Å². The molecule has 0 saturated heterocycles. The molecule has 24 heavy (non-hydrogen) atoms. The van der Waals surface area contributed by atoms with E-state index in [1.165, 1.54) is 11.3 Å². The fourth-order valence-corrected chi connectivity index (χ4v) is 3.27. The van der Waals surface area contributed by atoms with Crippen molar-refractivity contribution in [2.75, 3.05) is 5.32 Å². The first-order valence-electron chi connectivity index (χ1n) is 7.08. The van der Waals surface area contributed by atoms with Crippen LogP contribution in [-0.2, 0) is 0 Å². The molecule has 4 rings (SSSR count). The maximum absolute atomic E-state index is 12.4. The van der Waals surface area contributed by atoms with Gasteiger partial charge >= 0.3 is 6.01 Å². The van der Waals surface area contributed by atoms with E-state index in [4.69, 9.17) is 16.0 Å².